The lowest BCUT2D eigenvalue weighted by Crippen LogP contribution is -2.39. The van der Waals surface area contributed by atoms with Crippen molar-refractivity contribution in [1.29, 1.82) is 0 Å². The number of nitrogens with two attached hydrogens (primary N) is 1. The van der Waals surface area contributed by atoms with Gasteiger partial charge in [0.2, 0.25) is 0 Å². The Bertz CT molecular complexity index is 458. The van der Waals surface area contributed by atoms with Crippen molar-refractivity contribution in [1.82, 2.24) is 0 Å². The van der Waals surface area contributed by atoms with Crippen LogP contribution in [0.25, 0.3) is 0 Å². The Balaban J connectivity index is 2.76. The van der Waals surface area contributed by atoms with Crippen molar-refractivity contribution in [3.8, 4) is 0 Å². The van der Waals surface area contributed by atoms with Crippen LogP contribution in [0.3, 0.4) is 0 Å². The third-order valence-corrected chi connectivity index (χ3v) is 4.09. The van der Waals surface area contributed by atoms with Gasteiger partial charge >= 0.3 is 0 Å². The molecule has 0 spiro atoms. The highest BCUT2D eigenvalue weighted by Gasteiger charge is 2.12. The Morgan fingerprint density at radius 3 is 2.18 bits per heavy atom. The van der Waals surface area contributed by atoms with E-state index in [-0.39, 0.29) is 11.3 Å². The van der Waals surface area contributed by atoms with Crippen LogP contribution in [-0.4, -0.2) is 26.3 Å². The molecular formula is C12H20N2O2S. The zero-order chi connectivity index (χ0) is 13.1. The summed E-state index contributed by atoms with van der Waals surface area (Å²) in [5.74, 6) is 0.121. The summed E-state index contributed by atoms with van der Waals surface area (Å²) in [5.41, 5.74) is 6.42. The van der Waals surface area contributed by atoms with Crippen LogP contribution in [0.1, 0.15) is 20.8 Å². The van der Waals surface area contributed by atoms with E-state index in [0.29, 0.717) is 11.4 Å². The van der Waals surface area contributed by atoms with Crippen molar-refractivity contribution in [3.05, 3.63) is 24.3 Å². The van der Waals surface area contributed by atoms with Crippen molar-refractivity contribution in [3.63, 3.8) is 0 Å². The lowest BCUT2D eigenvalue weighted by molar-refractivity contribution is 0.549. The van der Waals surface area contributed by atoms with E-state index in [2.05, 4.69) is 5.32 Å². The molecule has 1 aromatic carbocycles. The van der Waals surface area contributed by atoms with E-state index in [0.717, 1.165) is 5.69 Å². The molecule has 0 unspecified atom stereocenters. The van der Waals surface area contributed by atoms with E-state index in [1.807, 2.05) is 13.8 Å². The van der Waals surface area contributed by atoms with E-state index in [9.17, 15) is 8.42 Å². The van der Waals surface area contributed by atoms with Gasteiger partial charge in [-0.25, -0.2) is 8.42 Å². The summed E-state index contributed by atoms with van der Waals surface area (Å²) < 4.78 is 23.2. The molecule has 0 aliphatic rings. The van der Waals surface area contributed by atoms with Crippen molar-refractivity contribution < 1.29 is 8.42 Å². The Kier molecular flexibility index (Phi) is 4.16. The minimum atomic E-state index is -3.11. The quantitative estimate of drug-likeness (QED) is 0.840. The van der Waals surface area contributed by atoms with Crippen LogP contribution in [-0.2, 0) is 9.84 Å². The second-order valence-electron chi connectivity index (χ2n) is 4.77. The SMILES string of the molecule is CCS(=O)(=O)c1ccc(NCC(C)(C)N)cc1. The average molecular weight is 256 g/mol. The number of rotatable bonds is 5. The summed E-state index contributed by atoms with van der Waals surface area (Å²) in [6.45, 7) is 6.12. The topological polar surface area (TPSA) is 72.2 Å². The van der Waals surface area contributed by atoms with Crippen molar-refractivity contribution in [2.75, 3.05) is 17.6 Å². The number of hydrogen-bond acceptors (Lipinski definition) is 4. The molecule has 0 aliphatic carbocycles. The Labute approximate surface area is 103 Å². The number of nitrogens with one attached hydrogen (secondary N) is 1. The fraction of sp³-hybridized carbons (Fsp3) is 0.500. The first-order valence-corrected chi connectivity index (χ1v) is 7.25. The molecule has 96 valence electrons. The molecule has 0 fully saturated rings. The van der Waals surface area contributed by atoms with Gasteiger partial charge in [0, 0.05) is 17.8 Å². The standard InChI is InChI=1S/C12H20N2O2S/c1-4-17(15,16)11-7-5-10(6-8-11)14-9-12(2,3)13/h5-8,14H,4,9,13H2,1-3H3. The number of hydrogen-bond donors (Lipinski definition) is 2. The Hall–Kier alpha value is -1.07. The van der Waals surface area contributed by atoms with E-state index in [1.165, 1.54) is 0 Å². The predicted octanol–water partition coefficient (Wildman–Crippen LogP) is 1.63. The summed E-state index contributed by atoms with van der Waals surface area (Å²) in [4.78, 5) is 0.359. The minimum Gasteiger partial charge on any atom is -0.383 e. The van der Waals surface area contributed by atoms with Gasteiger partial charge in [-0.05, 0) is 38.1 Å². The highest BCUT2D eigenvalue weighted by Crippen LogP contribution is 2.15. The fourth-order valence-electron chi connectivity index (χ4n) is 1.28. The molecule has 1 rings (SSSR count). The van der Waals surface area contributed by atoms with Gasteiger partial charge in [-0.15, -0.1) is 0 Å². The van der Waals surface area contributed by atoms with Crippen molar-refractivity contribution >= 4 is 15.5 Å². The molecule has 1 aromatic rings. The fourth-order valence-corrected chi connectivity index (χ4v) is 2.16. The van der Waals surface area contributed by atoms with Gasteiger partial charge in [0.15, 0.2) is 9.84 Å². The van der Waals surface area contributed by atoms with Crippen LogP contribution in [0.15, 0.2) is 29.2 Å². The third-order valence-electron chi connectivity index (χ3n) is 2.34. The first-order chi connectivity index (χ1) is 7.74. The molecule has 0 saturated carbocycles. The normalized spacial score (nSPS) is 12.5. The second-order valence-corrected chi connectivity index (χ2v) is 7.05. The van der Waals surface area contributed by atoms with Crippen LogP contribution in [0, 0.1) is 0 Å². The zero-order valence-corrected chi connectivity index (χ0v) is 11.3. The predicted molar refractivity (Wildman–Crippen MR) is 70.9 cm³/mol. The highest BCUT2D eigenvalue weighted by molar-refractivity contribution is 7.91. The van der Waals surface area contributed by atoms with Gasteiger partial charge in [0.1, 0.15) is 0 Å². The highest BCUT2D eigenvalue weighted by atomic mass is 32.2. The number of benzene rings is 1. The summed E-state index contributed by atoms with van der Waals surface area (Å²) in [6, 6.07) is 6.75. The van der Waals surface area contributed by atoms with E-state index >= 15 is 0 Å². The van der Waals surface area contributed by atoms with Gasteiger partial charge in [-0.3, -0.25) is 0 Å². The molecule has 5 heteroatoms. The first kappa shape index (κ1) is 14.0. The molecule has 3 N–H and O–H groups in total. The second kappa shape index (κ2) is 5.06. The lowest BCUT2D eigenvalue weighted by atomic mass is 10.1. The van der Waals surface area contributed by atoms with Crippen LogP contribution in [0.2, 0.25) is 0 Å². The van der Waals surface area contributed by atoms with Crippen LogP contribution in [0.4, 0.5) is 5.69 Å². The summed E-state index contributed by atoms with van der Waals surface area (Å²) in [5, 5.41) is 3.16. The monoisotopic (exact) mass is 256 g/mol. The van der Waals surface area contributed by atoms with Crippen LogP contribution >= 0.6 is 0 Å². The van der Waals surface area contributed by atoms with Crippen molar-refractivity contribution in [2.45, 2.75) is 31.2 Å². The summed E-state index contributed by atoms with van der Waals surface area (Å²) in [6.07, 6.45) is 0. The minimum absolute atomic E-state index is 0.121. The Morgan fingerprint density at radius 1 is 1.24 bits per heavy atom. The summed E-state index contributed by atoms with van der Waals surface area (Å²) in [7, 11) is -3.11. The maximum absolute atomic E-state index is 11.6. The zero-order valence-electron chi connectivity index (χ0n) is 10.5. The van der Waals surface area contributed by atoms with Crippen molar-refractivity contribution in [2.24, 2.45) is 5.73 Å². The van der Waals surface area contributed by atoms with Gasteiger partial charge in [-0.1, -0.05) is 6.92 Å². The number of sulfone groups is 1. The van der Waals surface area contributed by atoms with E-state index in [1.54, 1.807) is 31.2 Å². The molecule has 0 bridgehead atoms. The molecule has 4 nitrogen and oxygen atoms in total. The van der Waals surface area contributed by atoms with Gasteiger partial charge in [0.25, 0.3) is 0 Å². The van der Waals surface area contributed by atoms with Gasteiger partial charge in [-0.2, -0.15) is 0 Å². The molecule has 0 amide bonds. The maximum atomic E-state index is 11.6. The first-order valence-electron chi connectivity index (χ1n) is 5.60. The molecule has 0 radical (unpaired) electrons. The molecule has 0 aromatic heterocycles. The molecule has 0 atom stereocenters. The van der Waals surface area contributed by atoms with Gasteiger partial charge < -0.3 is 11.1 Å². The summed E-state index contributed by atoms with van der Waals surface area (Å²) >= 11 is 0. The van der Waals surface area contributed by atoms with Crippen LogP contribution in [0.5, 0.6) is 0 Å². The molecule has 17 heavy (non-hydrogen) atoms. The van der Waals surface area contributed by atoms with E-state index in [4.69, 9.17) is 5.73 Å². The smallest absolute Gasteiger partial charge is 0.178 e. The number of anilines is 1. The molecule has 0 heterocycles. The lowest BCUT2D eigenvalue weighted by Gasteiger charge is -2.19. The Morgan fingerprint density at radius 2 is 1.76 bits per heavy atom. The molecule has 0 aliphatic heterocycles. The van der Waals surface area contributed by atoms with Gasteiger partial charge in [0.05, 0.1) is 10.6 Å². The molecular weight excluding hydrogens is 236 g/mol. The molecule has 0 saturated heterocycles. The maximum Gasteiger partial charge on any atom is 0.178 e. The third kappa shape index (κ3) is 4.36. The van der Waals surface area contributed by atoms with E-state index < -0.39 is 9.84 Å². The average Bonchev–Trinajstić information content (AvgIpc) is 2.26. The van der Waals surface area contributed by atoms with Crippen LogP contribution < -0.4 is 11.1 Å². The largest absolute Gasteiger partial charge is 0.383 e.